The molecule has 0 spiro atoms. The fourth-order valence-electron chi connectivity index (χ4n) is 4.68. The lowest BCUT2D eigenvalue weighted by Gasteiger charge is -2.36. The molecule has 1 fully saturated rings. The number of carboxylic acid groups (broad SMARTS) is 1. The van der Waals surface area contributed by atoms with E-state index in [1.165, 1.54) is 11.8 Å². The number of aliphatic hydroxyl groups is 1. The Morgan fingerprint density at radius 1 is 0.837 bits per heavy atom. The van der Waals surface area contributed by atoms with Gasteiger partial charge in [0.1, 0.15) is 0 Å². The number of nitrogens with one attached hydrogen (secondary N) is 2. The molecule has 0 saturated carbocycles. The molecule has 0 aliphatic carbocycles. The Morgan fingerprint density at radius 3 is 2.16 bits per heavy atom. The highest BCUT2D eigenvalue weighted by molar-refractivity contribution is 7.99. The van der Waals surface area contributed by atoms with E-state index in [2.05, 4.69) is 5.32 Å². The van der Waals surface area contributed by atoms with Crippen LogP contribution in [0.2, 0.25) is 0 Å². The van der Waals surface area contributed by atoms with E-state index in [0.29, 0.717) is 36.5 Å². The maximum atomic E-state index is 12.2. The van der Waals surface area contributed by atoms with Crippen molar-refractivity contribution >= 4 is 29.5 Å². The summed E-state index contributed by atoms with van der Waals surface area (Å²) in [5.41, 5.74) is 5.32. The summed E-state index contributed by atoms with van der Waals surface area (Å²) < 4.78 is 12.8. The second-order valence-corrected chi connectivity index (χ2v) is 11.3. The summed E-state index contributed by atoms with van der Waals surface area (Å²) in [5, 5.41) is 30.4. The number of hydrogen-bond donors (Lipinski definition) is 5. The quantitative estimate of drug-likeness (QED) is 0.0744. The lowest BCUT2D eigenvalue weighted by molar-refractivity contribution is -0.245. The molecule has 5 N–H and O–H groups in total. The molecule has 1 saturated heterocycles. The van der Waals surface area contributed by atoms with Gasteiger partial charge in [0.05, 0.1) is 24.4 Å². The zero-order chi connectivity index (χ0) is 30.6. The van der Waals surface area contributed by atoms with Crippen LogP contribution in [0.1, 0.15) is 77.1 Å². The second-order valence-electron chi connectivity index (χ2n) is 10.2. The van der Waals surface area contributed by atoms with E-state index in [4.69, 9.17) is 14.7 Å². The van der Waals surface area contributed by atoms with Crippen LogP contribution in [-0.4, -0.2) is 45.1 Å². The van der Waals surface area contributed by atoms with Gasteiger partial charge >= 0.3 is 5.97 Å². The van der Waals surface area contributed by atoms with E-state index in [0.717, 1.165) is 22.3 Å². The van der Waals surface area contributed by atoms with Gasteiger partial charge in [-0.2, -0.15) is 0 Å². The molecule has 1 heterocycles. The number of ether oxygens (including phenoxy) is 2. The Morgan fingerprint density at radius 2 is 1.49 bits per heavy atom. The van der Waals surface area contributed by atoms with Gasteiger partial charge in [-0.25, -0.2) is 10.3 Å². The van der Waals surface area contributed by atoms with Gasteiger partial charge in [-0.05, 0) is 41.7 Å². The summed E-state index contributed by atoms with van der Waals surface area (Å²) in [6.45, 7) is 0.306. The molecule has 3 unspecified atom stereocenters. The number of benzene rings is 3. The van der Waals surface area contributed by atoms with Crippen LogP contribution in [0, 0.1) is 0 Å². The molecule has 0 aromatic heterocycles. The summed E-state index contributed by atoms with van der Waals surface area (Å²) in [4.78, 5) is 35.6. The fraction of sp³-hybridized carbons (Fsp3) is 0.344. The normalized spacial score (nSPS) is 18.1. The van der Waals surface area contributed by atoms with E-state index in [1.54, 1.807) is 23.7 Å². The molecule has 11 heteroatoms. The van der Waals surface area contributed by atoms with Crippen LogP contribution in [-0.2, 0) is 32.2 Å². The third-order valence-corrected chi connectivity index (χ3v) is 8.29. The lowest BCUT2D eigenvalue weighted by Crippen LogP contribution is -2.31. The molecule has 3 aromatic carbocycles. The van der Waals surface area contributed by atoms with Crippen LogP contribution in [0.5, 0.6) is 0 Å². The minimum Gasteiger partial charge on any atom is -0.478 e. The van der Waals surface area contributed by atoms with Crippen LogP contribution in [0.3, 0.4) is 0 Å². The van der Waals surface area contributed by atoms with Gasteiger partial charge in [0.2, 0.25) is 11.8 Å². The molecular weight excluding hydrogens is 572 g/mol. The number of carbonyl (C=O) groups excluding carboxylic acids is 2. The van der Waals surface area contributed by atoms with Crippen molar-refractivity contribution in [3.63, 3.8) is 0 Å². The van der Waals surface area contributed by atoms with Crippen LogP contribution < -0.4 is 10.8 Å². The van der Waals surface area contributed by atoms with E-state index < -0.39 is 18.2 Å². The molecule has 10 nitrogen and oxygen atoms in total. The number of hydroxylamine groups is 1. The van der Waals surface area contributed by atoms with Gasteiger partial charge in [0.15, 0.2) is 6.29 Å². The van der Waals surface area contributed by atoms with Crippen LogP contribution >= 0.6 is 11.8 Å². The Labute approximate surface area is 254 Å². The minimum absolute atomic E-state index is 0.0457. The number of thioether (sulfide) groups is 1. The number of unbranched alkanes of at least 4 members (excludes halogenated alkanes) is 1. The largest absolute Gasteiger partial charge is 0.478 e. The van der Waals surface area contributed by atoms with E-state index >= 15 is 0 Å². The van der Waals surface area contributed by atoms with Gasteiger partial charge < -0.3 is 25.0 Å². The highest BCUT2D eigenvalue weighted by atomic mass is 32.2. The smallest absolute Gasteiger partial charge is 0.336 e. The molecule has 1 aliphatic rings. The van der Waals surface area contributed by atoms with Crippen molar-refractivity contribution in [1.29, 1.82) is 0 Å². The molecule has 3 atom stereocenters. The first-order chi connectivity index (χ1) is 20.9. The zero-order valence-corrected chi connectivity index (χ0v) is 24.4. The number of rotatable bonds is 14. The Balaban J connectivity index is 1.39. The number of carbonyl (C=O) groups is 3. The van der Waals surface area contributed by atoms with Gasteiger partial charge in [0, 0.05) is 42.0 Å². The molecule has 0 radical (unpaired) electrons. The molecule has 228 valence electrons. The first kappa shape index (κ1) is 32.2. The average Bonchev–Trinajstić information content (AvgIpc) is 3.04. The number of amides is 2. The third kappa shape index (κ3) is 9.63. The van der Waals surface area contributed by atoms with Crippen molar-refractivity contribution in [3.05, 3.63) is 101 Å². The van der Waals surface area contributed by atoms with Crippen molar-refractivity contribution in [1.82, 2.24) is 10.8 Å². The van der Waals surface area contributed by atoms with Crippen molar-refractivity contribution in [2.24, 2.45) is 0 Å². The van der Waals surface area contributed by atoms with Crippen LogP contribution in [0.4, 0.5) is 0 Å². The van der Waals surface area contributed by atoms with Crippen molar-refractivity contribution in [3.8, 4) is 0 Å². The molecule has 4 rings (SSSR count). The summed E-state index contributed by atoms with van der Waals surface area (Å²) >= 11 is 1.44. The first-order valence-corrected chi connectivity index (χ1v) is 15.1. The van der Waals surface area contributed by atoms with Gasteiger partial charge in [-0.15, -0.1) is 11.8 Å². The predicted octanol–water partition coefficient (Wildman–Crippen LogP) is 4.90. The minimum atomic E-state index is -0.973. The Bertz CT molecular complexity index is 1370. The molecule has 1 aliphatic heterocycles. The molecule has 3 aromatic rings. The highest BCUT2D eigenvalue weighted by Crippen LogP contribution is 2.39. The van der Waals surface area contributed by atoms with Gasteiger partial charge in [-0.1, -0.05) is 60.7 Å². The standard InChI is InChI=1S/C32H36N2O8S/c35-19-22-11-13-23(14-12-22)27-17-25(20-43-28-6-2-1-5-26(28)31(38)39)41-32(42-27)24-15-9-21(10-16-24)18-33-29(36)7-3-4-8-30(37)34-40/h1-2,5-6,9-16,25,27,32,35,40H,3-4,7-8,17-20H2,(H,33,36)(H,34,37)(H,38,39). The monoisotopic (exact) mass is 608 g/mol. The summed E-state index contributed by atoms with van der Waals surface area (Å²) in [6.07, 6.45) is 0.930. The van der Waals surface area contributed by atoms with E-state index in [-0.39, 0.29) is 43.1 Å². The van der Waals surface area contributed by atoms with Gasteiger partial charge in [-0.3, -0.25) is 14.8 Å². The average molecular weight is 609 g/mol. The lowest BCUT2D eigenvalue weighted by atomic mass is 10.0. The maximum absolute atomic E-state index is 12.2. The van der Waals surface area contributed by atoms with Crippen LogP contribution in [0.15, 0.2) is 77.7 Å². The third-order valence-electron chi connectivity index (χ3n) is 7.08. The summed E-state index contributed by atoms with van der Waals surface area (Å²) in [5.74, 6) is -1.03. The van der Waals surface area contributed by atoms with Crippen molar-refractivity contribution in [2.75, 3.05) is 5.75 Å². The number of hydrogen-bond acceptors (Lipinski definition) is 8. The van der Waals surface area contributed by atoms with Crippen LogP contribution in [0.25, 0.3) is 0 Å². The SMILES string of the molecule is O=C(CCCCC(=O)NCc1ccc(C2OC(CSc3ccccc3C(=O)O)CC(c3ccc(CO)cc3)O2)cc1)NO. The maximum Gasteiger partial charge on any atom is 0.336 e. The van der Waals surface area contributed by atoms with E-state index in [1.807, 2.05) is 54.6 Å². The summed E-state index contributed by atoms with van der Waals surface area (Å²) in [7, 11) is 0. The first-order valence-electron chi connectivity index (χ1n) is 14.1. The Kier molecular flexibility index (Phi) is 12.1. The van der Waals surface area contributed by atoms with Crippen molar-refractivity contribution in [2.45, 2.75) is 68.6 Å². The number of carboxylic acids is 1. The highest BCUT2D eigenvalue weighted by Gasteiger charge is 2.32. The van der Waals surface area contributed by atoms with Crippen molar-refractivity contribution < 1.29 is 39.3 Å². The van der Waals surface area contributed by atoms with E-state index in [9.17, 15) is 24.6 Å². The zero-order valence-electron chi connectivity index (χ0n) is 23.6. The topological polar surface area (TPSA) is 154 Å². The Hall–Kier alpha value is -3.74. The summed E-state index contributed by atoms with van der Waals surface area (Å²) in [6, 6.07) is 22.1. The second kappa shape index (κ2) is 16.2. The number of aliphatic hydroxyl groups excluding tert-OH is 1. The molecule has 43 heavy (non-hydrogen) atoms. The predicted molar refractivity (Wildman–Crippen MR) is 159 cm³/mol. The fourth-order valence-corrected chi connectivity index (χ4v) is 5.75. The number of aromatic carboxylic acids is 1. The molecule has 0 bridgehead atoms. The molecule has 2 amide bonds. The molecular formula is C32H36N2O8S. The van der Waals surface area contributed by atoms with Gasteiger partial charge in [0.25, 0.3) is 0 Å².